The van der Waals surface area contributed by atoms with Crippen LogP contribution < -0.4 is 5.32 Å². The predicted molar refractivity (Wildman–Crippen MR) is 167 cm³/mol. The maximum atomic E-state index is 12.5. The Morgan fingerprint density at radius 2 is 1.75 bits per heavy atom. The van der Waals surface area contributed by atoms with E-state index in [0.29, 0.717) is 18.7 Å². The van der Waals surface area contributed by atoms with Crippen LogP contribution in [0.15, 0.2) is 97.3 Å². The minimum Gasteiger partial charge on any atom is -0.392 e. The predicted octanol–water partition coefficient (Wildman–Crippen LogP) is 5.03. The summed E-state index contributed by atoms with van der Waals surface area (Å²) in [5, 5.41) is 22.6. The summed E-state index contributed by atoms with van der Waals surface area (Å²) < 4.78 is 13.3. The van der Waals surface area contributed by atoms with E-state index in [1.807, 2.05) is 48.5 Å². The van der Waals surface area contributed by atoms with E-state index in [-0.39, 0.29) is 36.7 Å². The molecule has 6 rings (SSSR count). The summed E-state index contributed by atoms with van der Waals surface area (Å²) in [7, 11) is 0. The number of benzene rings is 3. The van der Waals surface area contributed by atoms with Gasteiger partial charge in [-0.1, -0.05) is 67.6 Å². The van der Waals surface area contributed by atoms with Crippen molar-refractivity contribution in [2.45, 2.75) is 51.1 Å². The van der Waals surface area contributed by atoms with Crippen molar-refractivity contribution in [3.05, 3.63) is 125 Å². The van der Waals surface area contributed by atoms with E-state index in [4.69, 9.17) is 9.47 Å². The summed E-state index contributed by atoms with van der Waals surface area (Å²) >= 11 is 0. The lowest BCUT2D eigenvalue weighted by atomic mass is 9.90. The number of carbonyl (C=O) groups is 1. The highest BCUT2D eigenvalue weighted by Gasteiger charge is 2.40. The first-order chi connectivity index (χ1) is 21.5. The van der Waals surface area contributed by atoms with Crippen molar-refractivity contribution in [3.63, 3.8) is 0 Å². The number of likely N-dealkylation sites (tertiary alicyclic amines) is 1. The molecule has 3 aromatic carbocycles. The van der Waals surface area contributed by atoms with Crippen LogP contribution in [0.25, 0.3) is 11.1 Å². The van der Waals surface area contributed by atoms with Gasteiger partial charge in [0.1, 0.15) is 0 Å². The van der Waals surface area contributed by atoms with Gasteiger partial charge in [0, 0.05) is 50.1 Å². The minimum absolute atomic E-state index is 0.00211. The number of amides is 1. The number of nitrogens with zero attached hydrogens (tertiary/aromatic N) is 2. The smallest absolute Gasteiger partial charge is 0.253 e. The van der Waals surface area contributed by atoms with Gasteiger partial charge in [-0.25, -0.2) is 0 Å². The molecular weight excluding hydrogens is 554 g/mol. The molecule has 2 fully saturated rings. The molecule has 8 nitrogen and oxygen atoms in total. The van der Waals surface area contributed by atoms with Crippen LogP contribution >= 0.6 is 0 Å². The molecule has 0 saturated carbocycles. The summed E-state index contributed by atoms with van der Waals surface area (Å²) in [6.07, 6.45) is 2.81. The highest BCUT2D eigenvalue weighted by Crippen LogP contribution is 2.42. The standard InChI is InChI=1S/C36H39N3O5/c1-24-33(22-39-16-14-32(41)21-39)43-36(44-34(24)27-12-10-25(23-40)11-13-27)30-8-3-7-29(18-30)28-6-2-5-26(17-28)19-38-35(42)31-9-4-15-37-20-31/h2-13,15,17-18,20,24,32-34,36,40-41H,14,16,19,21-23H2,1H3,(H,38,42). The number of aliphatic hydroxyl groups is 2. The van der Waals surface area contributed by atoms with Crippen molar-refractivity contribution in [3.8, 4) is 11.1 Å². The number of rotatable bonds is 9. The molecule has 4 aromatic rings. The number of pyridine rings is 1. The summed E-state index contributed by atoms with van der Waals surface area (Å²) in [5.74, 6) is -0.0874. The number of β-amino-alcohol motifs (C(OH)–C–C–N with tert-alkyl or cyclic N) is 1. The number of carbonyl (C=O) groups excluding carboxylic acids is 1. The monoisotopic (exact) mass is 593 g/mol. The van der Waals surface area contributed by atoms with Gasteiger partial charge in [0.05, 0.1) is 30.5 Å². The van der Waals surface area contributed by atoms with Gasteiger partial charge in [-0.3, -0.25) is 14.7 Å². The third kappa shape index (κ3) is 7.07. The lowest BCUT2D eigenvalue weighted by Gasteiger charge is -2.42. The summed E-state index contributed by atoms with van der Waals surface area (Å²) in [4.78, 5) is 18.8. The molecule has 8 heteroatoms. The maximum absolute atomic E-state index is 12.5. The summed E-state index contributed by atoms with van der Waals surface area (Å²) in [6, 6.07) is 27.8. The molecule has 0 aliphatic carbocycles. The molecule has 5 unspecified atom stereocenters. The van der Waals surface area contributed by atoms with Gasteiger partial charge in [-0.05, 0) is 58.5 Å². The molecule has 3 heterocycles. The maximum Gasteiger partial charge on any atom is 0.253 e. The molecule has 0 bridgehead atoms. The fourth-order valence-electron chi connectivity index (χ4n) is 6.07. The molecule has 1 aromatic heterocycles. The first-order valence-electron chi connectivity index (χ1n) is 15.3. The van der Waals surface area contributed by atoms with Gasteiger partial charge in [0.2, 0.25) is 0 Å². The van der Waals surface area contributed by atoms with Crippen LogP contribution in [0.3, 0.4) is 0 Å². The molecule has 5 atom stereocenters. The van der Waals surface area contributed by atoms with E-state index in [0.717, 1.165) is 52.9 Å². The molecule has 2 aliphatic heterocycles. The van der Waals surface area contributed by atoms with Crippen LogP contribution in [0.4, 0.5) is 0 Å². The normalized spacial score (nSPS) is 23.8. The second-order valence-corrected chi connectivity index (χ2v) is 11.8. The Morgan fingerprint density at radius 1 is 0.955 bits per heavy atom. The van der Waals surface area contributed by atoms with Gasteiger partial charge in [-0.15, -0.1) is 0 Å². The summed E-state index contributed by atoms with van der Waals surface area (Å²) in [5.41, 5.74) is 6.40. The van der Waals surface area contributed by atoms with Crippen molar-refractivity contribution < 1.29 is 24.5 Å². The van der Waals surface area contributed by atoms with Gasteiger partial charge in [0.15, 0.2) is 6.29 Å². The van der Waals surface area contributed by atoms with Crippen molar-refractivity contribution >= 4 is 5.91 Å². The van der Waals surface area contributed by atoms with Gasteiger partial charge in [0.25, 0.3) is 5.91 Å². The molecule has 0 spiro atoms. The zero-order chi connectivity index (χ0) is 30.5. The van der Waals surface area contributed by atoms with Crippen LogP contribution in [0, 0.1) is 5.92 Å². The lowest BCUT2D eigenvalue weighted by molar-refractivity contribution is -0.276. The lowest BCUT2D eigenvalue weighted by Crippen LogP contribution is -2.44. The largest absolute Gasteiger partial charge is 0.392 e. The van der Waals surface area contributed by atoms with E-state index in [1.165, 1.54) is 0 Å². The molecular formula is C36H39N3O5. The number of ether oxygens (including phenoxy) is 2. The van der Waals surface area contributed by atoms with Crippen LogP contribution in [0.1, 0.15) is 58.4 Å². The zero-order valence-corrected chi connectivity index (χ0v) is 24.9. The number of hydrogen-bond donors (Lipinski definition) is 3. The minimum atomic E-state index is -0.576. The van der Waals surface area contributed by atoms with E-state index < -0.39 is 6.29 Å². The first kappa shape index (κ1) is 30.1. The van der Waals surface area contributed by atoms with Crippen molar-refractivity contribution in [2.75, 3.05) is 19.6 Å². The van der Waals surface area contributed by atoms with Crippen molar-refractivity contribution in [1.29, 1.82) is 0 Å². The molecule has 3 N–H and O–H groups in total. The fourth-order valence-corrected chi connectivity index (χ4v) is 6.07. The van der Waals surface area contributed by atoms with Crippen molar-refractivity contribution in [2.24, 2.45) is 5.92 Å². The highest BCUT2D eigenvalue weighted by molar-refractivity contribution is 5.93. The molecule has 2 saturated heterocycles. The number of nitrogens with one attached hydrogen (secondary N) is 1. The number of hydrogen-bond acceptors (Lipinski definition) is 7. The van der Waals surface area contributed by atoms with E-state index in [2.05, 4.69) is 46.4 Å². The molecule has 2 aliphatic rings. The fraction of sp³-hybridized carbons (Fsp3) is 0.333. The Hall–Kier alpha value is -3.92. The Bertz CT molecular complexity index is 1550. The van der Waals surface area contributed by atoms with Crippen molar-refractivity contribution in [1.82, 2.24) is 15.2 Å². The third-order valence-corrected chi connectivity index (χ3v) is 8.60. The highest BCUT2D eigenvalue weighted by atomic mass is 16.7. The Labute approximate surface area is 258 Å². The van der Waals surface area contributed by atoms with E-state index in [9.17, 15) is 15.0 Å². The van der Waals surface area contributed by atoms with E-state index in [1.54, 1.807) is 24.5 Å². The average Bonchev–Trinajstić information content (AvgIpc) is 3.49. The second-order valence-electron chi connectivity index (χ2n) is 11.8. The average molecular weight is 594 g/mol. The van der Waals surface area contributed by atoms with Gasteiger partial charge < -0.3 is 25.0 Å². The Balaban J connectivity index is 1.22. The van der Waals surface area contributed by atoms with Crippen LogP contribution in [0.5, 0.6) is 0 Å². The number of aliphatic hydroxyl groups excluding tert-OH is 2. The summed E-state index contributed by atoms with van der Waals surface area (Å²) in [6.45, 7) is 4.78. The van der Waals surface area contributed by atoms with E-state index >= 15 is 0 Å². The second kappa shape index (κ2) is 13.8. The quantitative estimate of drug-likeness (QED) is 0.250. The third-order valence-electron chi connectivity index (χ3n) is 8.60. The van der Waals surface area contributed by atoms with Gasteiger partial charge in [-0.2, -0.15) is 0 Å². The van der Waals surface area contributed by atoms with Crippen LogP contribution in [0.2, 0.25) is 0 Å². The van der Waals surface area contributed by atoms with Gasteiger partial charge >= 0.3 is 0 Å². The Morgan fingerprint density at radius 3 is 2.48 bits per heavy atom. The Kier molecular flexibility index (Phi) is 9.45. The SMILES string of the molecule is CC1C(CN2CCC(O)C2)OC(c2cccc(-c3cccc(CNC(=O)c4cccnc4)c3)c2)OC1c1ccc(CO)cc1. The molecule has 1 amide bonds. The molecule has 44 heavy (non-hydrogen) atoms. The van der Waals surface area contributed by atoms with Crippen LogP contribution in [-0.4, -0.2) is 57.8 Å². The zero-order valence-electron chi connectivity index (χ0n) is 24.9. The molecule has 0 radical (unpaired) electrons. The van der Waals surface area contributed by atoms with Crippen LogP contribution in [-0.2, 0) is 22.6 Å². The first-order valence-corrected chi connectivity index (χ1v) is 15.3. The topological polar surface area (TPSA) is 104 Å². The molecule has 228 valence electrons. The number of aromatic nitrogens is 1.